The minimum absolute atomic E-state index is 0.0263. The molecular weight excluding hydrogens is 282 g/mol. The van der Waals surface area contributed by atoms with Gasteiger partial charge in [-0.3, -0.25) is 19.3 Å². The van der Waals surface area contributed by atoms with E-state index in [1.807, 2.05) is 31.1 Å². The third-order valence-electron chi connectivity index (χ3n) is 3.65. The largest absolute Gasteiger partial charge is 0.378 e. The van der Waals surface area contributed by atoms with Gasteiger partial charge in [0.25, 0.3) is 11.8 Å². The number of amides is 3. The SMILES string of the molecule is CC(C)N1C(=O)CC(NC(=O)c2ccc(N(C)C)cc2)C1=O. The van der Waals surface area contributed by atoms with Crippen LogP contribution >= 0.6 is 0 Å². The maximum atomic E-state index is 12.2. The van der Waals surface area contributed by atoms with E-state index in [4.69, 9.17) is 0 Å². The van der Waals surface area contributed by atoms with E-state index in [2.05, 4.69) is 5.32 Å². The minimum Gasteiger partial charge on any atom is -0.378 e. The van der Waals surface area contributed by atoms with Crippen molar-refractivity contribution in [2.75, 3.05) is 19.0 Å². The number of hydrogen-bond donors (Lipinski definition) is 1. The van der Waals surface area contributed by atoms with E-state index < -0.39 is 6.04 Å². The van der Waals surface area contributed by atoms with Crippen molar-refractivity contribution in [3.05, 3.63) is 29.8 Å². The molecule has 2 rings (SSSR count). The fourth-order valence-corrected chi connectivity index (χ4v) is 2.46. The Bertz CT molecular complexity index is 593. The summed E-state index contributed by atoms with van der Waals surface area (Å²) in [4.78, 5) is 39.3. The predicted octanol–water partition coefficient (Wildman–Crippen LogP) is 1.02. The summed E-state index contributed by atoms with van der Waals surface area (Å²) in [5.74, 6) is -0.923. The summed E-state index contributed by atoms with van der Waals surface area (Å²) in [6.45, 7) is 3.56. The van der Waals surface area contributed by atoms with Crippen molar-refractivity contribution < 1.29 is 14.4 Å². The number of nitrogens with one attached hydrogen (secondary N) is 1. The zero-order chi connectivity index (χ0) is 16.4. The summed E-state index contributed by atoms with van der Waals surface area (Å²) in [6.07, 6.45) is 0.0263. The first-order valence-electron chi connectivity index (χ1n) is 7.25. The van der Waals surface area contributed by atoms with Crippen LogP contribution < -0.4 is 10.2 Å². The first-order valence-corrected chi connectivity index (χ1v) is 7.25. The van der Waals surface area contributed by atoms with Crippen LogP contribution in [-0.4, -0.2) is 48.8 Å². The van der Waals surface area contributed by atoms with Crippen LogP contribution in [0, 0.1) is 0 Å². The number of anilines is 1. The van der Waals surface area contributed by atoms with Crippen LogP contribution in [0.4, 0.5) is 5.69 Å². The van der Waals surface area contributed by atoms with E-state index in [9.17, 15) is 14.4 Å². The first kappa shape index (κ1) is 16.0. The van der Waals surface area contributed by atoms with Gasteiger partial charge in [0.15, 0.2) is 0 Å². The Kier molecular flexibility index (Phi) is 4.49. The van der Waals surface area contributed by atoms with Gasteiger partial charge in [0.1, 0.15) is 6.04 Å². The molecule has 0 bridgehead atoms. The highest BCUT2D eigenvalue weighted by Crippen LogP contribution is 2.17. The Morgan fingerprint density at radius 1 is 1.23 bits per heavy atom. The Morgan fingerprint density at radius 2 is 1.82 bits per heavy atom. The summed E-state index contributed by atoms with van der Waals surface area (Å²) >= 11 is 0. The van der Waals surface area contributed by atoms with Crippen molar-refractivity contribution in [1.82, 2.24) is 10.2 Å². The molecule has 1 aromatic rings. The highest BCUT2D eigenvalue weighted by Gasteiger charge is 2.40. The molecule has 22 heavy (non-hydrogen) atoms. The second kappa shape index (κ2) is 6.17. The van der Waals surface area contributed by atoms with Gasteiger partial charge in [-0.25, -0.2) is 0 Å². The number of carbonyl (C=O) groups excluding carboxylic acids is 3. The number of carbonyl (C=O) groups is 3. The standard InChI is InChI=1S/C16H21N3O3/c1-10(2)19-14(20)9-13(16(19)22)17-15(21)11-5-7-12(8-6-11)18(3)4/h5-8,10,13H,9H2,1-4H3,(H,17,21). The first-order chi connectivity index (χ1) is 10.3. The summed E-state index contributed by atoms with van der Waals surface area (Å²) < 4.78 is 0. The van der Waals surface area contributed by atoms with Crippen molar-refractivity contribution in [2.24, 2.45) is 0 Å². The van der Waals surface area contributed by atoms with Crippen LogP contribution in [0.1, 0.15) is 30.6 Å². The Hall–Kier alpha value is -2.37. The van der Waals surface area contributed by atoms with Crippen molar-refractivity contribution in [1.29, 1.82) is 0 Å². The molecule has 1 atom stereocenters. The van der Waals surface area contributed by atoms with E-state index in [-0.39, 0.29) is 30.2 Å². The van der Waals surface area contributed by atoms with Gasteiger partial charge in [0, 0.05) is 31.4 Å². The molecule has 0 saturated carbocycles. The fourth-order valence-electron chi connectivity index (χ4n) is 2.46. The quantitative estimate of drug-likeness (QED) is 0.843. The maximum Gasteiger partial charge on any atom is 0.252 e. The molecule has 1 aromatic carbocycles. The molecule has 118 valence electrons. The molecule has 6 nitrogen and oxygen atoms in total. The van der Waals surface area contributed by atoms with Gasteiger partial charge in [0.05, 0.1) is 6.42 Å². The molecule has 1 aliphatic rings. The van der Waals surface area contributed by atoms with Crippen LogP contribution in [0.25, 0.3) is 0 Å². The van der Waals surface area contributed by atoms with Crippen molar-refractivity contribution in [3.63, 3.8) is 0 Å². The van der Waals surface area contributed by atoms with Crippen LogP contribution in [-0.2, 0) is 9.59 Å². The topological polar surface area (TPSA) is 69.7 Å². The van der Waals surface area contributed by atoms with Gasteiger partial charge in [-0.15, -0.1) is 0 Å². The summed E-state index contributed by atoms with van der Waals surface area (Å²) in [5.41, 5.74) is 1.45. The molecule has 1 N–H and O–H groups in total. The number of rotatable bonds is 4. The molecule has 0 aromatic heterocycles. The fraction of sp³-hybridized carbons (Fsp3) is 0.438. The predicted molar refractivity (Wildman–Crippen MR) is 83.6 cm³/mol. The Labute approximate surface area is 130 Å². The summed E-state index contributed by atoms with van der Waals surface area (Å²) in [6, 6.07) is 6.10. The normalized spacial score (nSPS) is 18.0. The zero-order valence-corrected chi connectivity index (χ0v) is 13.3. The highest BCUT2D eigenvalue weighted by molar-refractivity contribution is 6.08. The number of likely N-dealkylation sites (tertiary alicyclic amines) is 1. The van der Waals surface area contributed by atoms with E-state index in [1.54, 1.807) is 26.0 Å². The number of benzene rings is 1. The van der Waals surface area contributed by atoms with E-state index in [0.29, 0.717) is 5.56 Å². The van der Waals surface area contributed by atoms with E-state index in [1.165, 1.54) is 4.90 Å². The van der Waals surface area contributed by atoms with Crippen molar-refractivity contribution in [3.8, 4) is 0 Å². The van der Waals surface area contributed by atoms with Crippen LogP contribution in [0.2, 0.25) is 0 Å². The van der Waals surface area contributed by atoms with Crippen LogP contribution in [0.5, 0.6) is 0 Å². The van der Waals surface area contributed by atoms with Gasteiger partial charge in [-0.1, -0.05) is 0 Å². The average molecular weight is 303 g/mol. The summed E-state index contributed by atoms with van der Waals surface area (Å²) in [7, 11) is 3.83. The molecular formula is C16H21N3O3. The van der Waals surface area contributed by atoms with Gasteiger partial charge < -0.3 is 10.2 Å². The number of nitrogens with zero attached hydrogens (tertiary/aromatic N) is 2. The third-order valence-corrected chi connectivity index (χ3v) is 3.65. The minimum atomic E-state index is -0.768. The van der Waals surface area contributed by atoms with Crippen molar-refractivity contribution >= 4 is 23.4 Å². The molecule has 6 heteroatoms. The molecule has 3 amide bonds. The molecule has 1 saturated heterocycles. The second-order valence-corrected chi connectivity index (χ2v) is 5.87. The maximum absolute atomic E-state index is 12.2. The van der Waals surface area contributed by atoms with Crippen LogP contribution in [0.3, 0.4) is 0 Å². The molecule has 1 fully saturated rings. The lowest BCUT2D eigenvalue weighted by molar-refractivity contribution is -0.140. The lowest BCUT2D eigenvalue weighted by Crippen LogP contribution is -2.43. The number of imide groups is 1. The lowest BCUT2D eigenvalue weighted by Gasteiger charge is -2.19. The van der Waals surface area contributed by atoms with Gasteiger partial charge in [-0.05, 0) is 38.1 Å². The van der Waals surface area contributed by atoms with E-state index >= 15 is 0 Å². The van der Waals surface area contributed by atoms with Gasteiger partial charge in [-0.2, -0.15) is 0 Å². The van der Waals surface area contributed by atoms with Crippen molar-refractivity contribution in [2.45, 2.75) is 32.4 Å². The smallest absolute Gasteiger partial charge is 0.252 e. The van der Waals surface area contributed by atoms with Crippen LogP contribution in [0.15, 0.2) is 24.3 Å². The van der Waals surface area contributed by atoms with E-state index in [0.717, 1.165) is 5.69 Å². The Morgan fingerprint density at radius 3 is 2.27 bits per heavy atom. The Balaban J connectivity index is 2.06. The average Bonchev–Trinajstić information content (AvgIpc) is 2.73. The molecule has 1 heterocycles. The summed E-state index contributed by atoms with van der Waals surface area (Å²) in [5, 5.41) is 2.64. The molecule has 1 aliphatic heterocycles. The van der Waals surface area contributed by atoms with Gasteiger partial charge >= 0.3 is 0 Å². The number of hydrogen-bond acceptors (Lipinski definition) is 4. The highest BCUT2D eigenvalue weighted by atomic mass is 16.2. The third kappa shape index (κ3) is 3.10. The second-order valence-electron chi connectivity index (χ2n) is 5.87. The molecule has 0 radical (unpaired) electrons. The molecule has 1 unspecified atom stereocenters. The molecule has 0 aliphatic carbocycles. The van der Waals surface area contributed by atoms with Gasteiger partial charge in [0.2, 0.25) is 5.91 Å². The zero-order valence-electron chi connectivity index (χ0n) is 13.3. The monoisotopic (exact) mass is 303 g/mol. The molecule has 0 spiro atoms. The lowest BCUT2D eigenvalue weighted by atomic mass is 10.1.